The Bertz CT molecular complexity index is 556. The molecule has 0 saturated carbocycles. The maximum absolute atomic E-state index is 5.71. The molecule has 0 spiro atoms. The number of ether oxygens (including phenoxy) is 1. The molecule has 1 unspecified atom stereocenters. The number of hydrogen-bond acceptors (Lipinski definition) is 4. The van der Waals surface area contributed by atoms with Gasteiger partial charge in [-0.25, -0.2) is 0 Å². The van der Waals surface area contributed by atoms with Crippen molar-refractivity contribution in [2.45, 2.75) is 19.4 Å². The van der Waals surface area contributed by atoms with Crippen molar-refractivity contribution in [3.8, 4) is 5.75 Å². The van der Waals surface area contributed by atoms with Crippen LogP contribution in [0.4, 0.5) is 0 Å². The summed E-state index contributed by atoms with van der Waals surface area (Å²) in [6.07, 6.45) is 0.811. The van der Waals surface area contributed by atoms with Crippen LogP contribution in [0.3, 0.4) is 0 Å². The Morgan fingerprint density at radius 2 is 2.21 bits per heavy atom. The van der Waals surface area contributed by atoms with Gasteiger partial charge in [0.1, 0.15) is 5.75 Å². The van der Waals surface area contributed by atoms with Gasteiger partial charge in [0.25, 0.3) is 0 Å². The van der Waals surface area contributed by atoms with E-state index < -0.39 is 0 Å². The topological polar surface area (TPSA) is 47.3 Å². The second-order valence-electron chi connectivity index (χ2n) is 4.39. The number of hydrogen-bond donors (Lipinski definition) is 2. The predicted molar refractivity (Wildman–Crippen MR) is 83.5 cm³/mol. The molecule has 0 radical (unpaired) electrons. The Morgan fingerprint density at radius 1 is 1.42 bits per heavy atom. The molecule has 2 aromatic rings. The molecule has 1 aromatic heterocycles. The van der Waals surface area contributed by atoms with Crippen molar-refractivity contribution in [1.29, 1.82) is 0 Å². The van der Waals surface area contributed by atoms with Gasteiger partial charge >= 0.3 is 0 Å². The number of methoxy groups -OCH3 is 1. The molecule has 1 heterocycles. The Morgan fingerprint density at radius 3 is 2.79 bits per heavy atom. The normalized spacial score (nSPS) is 12.4. The highest BCUT2D eigenvalue weighted by molar-refractivity contribution is 9.10. The number of nitrogens with one attached hydrogen (secondary N) is 1. The van der Waals surface area contributed by atoms with Crippen molar-refractivity contribution in [2.75, 3.05) is 7.11 Å². The maximum atomic E-state index is 5.71. The highest BCUT2D eigenvalue weighted by atomic mass is 79.9. The molecule has 0 bridgehead atoms. The molecule has 0 aliphatic heterocycles. The Hall–Kier alpha value is -0.880. The van der Waals surface area contributed by atoms with Gasteiger partial charge in [0.15, 0.2) is 0 Å². The molecule has 2 rings (SSSR count). The van der Waals surface area contributed by atoms with Gasteiger partial charge in [0.05, 0.1) is 13.2 Å². The molecule has 0 fully saturated rings. The standard InChI is InChI=1S/C14H17BrN2OS/c1-9-7-19-8-12(9)14(17-16)6-10-5-11(18-2)3-4-13(10)15/h3-5,7-8,14,17H,6,16H2,1-2H3. The van der Waals surface area contributed by atoms with Crippen LogP contribution in [0, 0.1) is 6.92 Å². The quantitative estimate of drug-likeness (QED) is 0.646. The van der Waals surface area contributed by atoms with Gasteiger partial charge in [-0.1, -0.05) is 15.9 Å². The molecule has 19 heavy (non-hydrogen) atoms. The lowest BCUT2D eigenvalue weighted by molar-refractivity contribution is 0.413. The van der Waals surface area contributed by atoms with Gasteiger partial charge in [-0.3, -0.25) is 11.3 Å². The second-order valence-corrected chi connectivity index (χ2v) is 5.99. The van der Waals surface area contributed by atoms with Crippen LogP contribution in [0.15, 0.2) is 33.4 Å². The molecule has 0 aliphatic carbocycles. The number of nitrogens with two attached hydrogens (primary N) is 1. The average molecular weight is 341 g/mol. The van der Waals surface area contributed by atoms with Crippen LogP contribution in [0.2, 0.25) is 0 Å². The van der Waals surface area contributed by atoms with Crippen molar-refractivity contribution in [2.24, 2.45) is 5.84 Å². The summed E-state index contributed by atoms with van der Waals surface area (Å²) in [5.74, 6) is 6.57. The minimum absolute atomic E-state index is 0.106. The van der Waals surface area contributed by atoms with Gasteiger partial charge in [0, 0.05) is 4.47 Å². The van der Waals surface area contributed by atoms with Crippen LogP contribution in [0.25, 0.3) is 0 Å². The van der Waals surface area contributed by atoms with E-state index in [1.54, 1.807) is 18.4 Å². The van der Waals surface area contributed by atoms with Gasteiger partial charge in [-0.2, -0.15) is 11.3 Å². The van der Waals surface area contributed by atoms with Crippen molar-refractivity contribution >= 4 is 27.3 Å². The highest BCUT2D eigenvalue weighted by Crippen LogP contribution is 2.29. The van der Waals surface area contributed by atoms with E-state index in [-0.39, 0.29) is 6.04 Å². The third-order valence-corrected chi connectivity index (χ3v) is 4.80. The monoisotopic (exact) mass is 340 g/mol. The van der Waals surface area contributed by atoms with Gasteiger partial charge in [-0.05, 0) is 59.0 Å². The zero-order valence-electron chi connectivity index (χ0n) is 10.9. The summed E-state index contributed by atoms with van der Waals surface area (Å²) in [6.45, 7) is 2.11. The molecule has 0 amide bonds. The van der Waals surface area contributed by atoms with Gasteiger partial charge in [0.2, 0.25) is 0 Å². The number of benzene rings is 1. The lowest BCUT2D eigenvalue weighted by Crippen LogP contribution is -2.29. The maximum Gasteiger partial charge on any atom is 0.119 e. The third-order valence-electron chi connectivity index (χ3n) is 3.15. The Balaban J connectivity index is 2.26. The first-order valence-electron chi connectivity index (χ1n) is 5.97. The third kappa shape index (κ3) is 3.36. The highest BCUT2D eigenvalue weighted by Gasteiger charge is 2.15. The molecule has 102 valence electrons. The van der Waals surface area contributed by atoms with Crippen LogP contribution in [0.1, 0.15) is 22.7 Å². The van der Waals surface area contributed by atoms with E-state index in [0.717, 1.165) is 16.6 Å². The zero-order valence-corrected chi connectivity index (χ0v) is 13.3. The molecular weight excluding hydrogens is 324 g/mol. The molecule has 1 aromatic carbocycles. The number of halogens is 1. The number of aryl methyl sites for hydroxylation is 1. The predicted octanol–water partition coefficient (Wildman–Crippen LogP) is 3.57. The molecule has 0 aliphatic rings. The van der Waals surface area contributed by atoms with Gasteiger partial charge < -0.3 is 4.74 Å². The summed E-state index contributed by atoms with van der Waals surface area (Å²) in [4.78, 5) is 0. The van der Waals surface area contributed by atoms with Crippen LogP contribution in [0.5, 0.6) is 5.75 Å². The van der Waals surface area contributed by atoms with E-state index in [4.69, 9.17) is 10.6 Å². The lowest BCUT2D eigenvalue weighted by Gasteiger charge is -2.17. The van der Waals surface area contributed by atoms with Crippen LogP contribution in [-0.4, -0.2) is 7.11 Å². The molecule has 3 nitrogen and oxygen atoms in total. The molecule has 0 saturated heterocycles. The summed E-state index contributed by atoms with van der Waals surface area (Å²) >= 11 is 5.28. The minimum Gasteiger partial charge on any atom is -0.497 e. The van der Waals surface area contributed by atoms with E-state index in [1.807, 2.05) is 18.2 Å². The minimum atomic E-state index is 0.106. The number of hydrazine groups is 1. The van der Waals surface area contributed by atoms with Crippen LogP contribution >= 0.6 is 27.3 Å². The zero-order chi connectivity index (χ0) is 13.8. The van der Waals surface area contributed by atoms with Crippen molar-refractivity contribution < 1.29 is 4.74 Å². The molecule has 5 heteroatoms. The van der Waals surface area contributed by atoms with E-state index in [9.17, 15) is 0 Å². The molecular formula is C14H17BrN2OS. The lowest BCUT2D eigenvalue weighted by atomic mass is 9.99. The Labute approximate surface area is 125 Å². The summed E-state index contributed by atoms with van der Waals surface area (Å²) < 4.78 is 6.34. The van der Waals surface area contributed by atoms with Crippen LogP contribution < -0.4 is 16.0 Å². The fraction of sp³-hybridized carbons (Fsp3) is 0.286. The molecule has 1 atom stereocenters. The van der Waals surface area contributed by atoms with E-state index in [1.165, 1.54) is 16.7 Å². The first-order chi connectivity index (χ1) is 9.15. The van der Waals surface area contributed by atoms with E-state index in [2.05, 4.69) is 39.0 Å². The largest absolute Gasteiger partial charge is 0.497 e. The summed E-state index contributed by atoms with van der Waals surface area (Å²) in [7, 11) is 1.68. The number of rotatable bonds is 5. The van der Waals surface area contributed by atoms with E-state index >= 15 is 0 Å². The van der Waals surface area contributed by atoms with Crippen molar-refractivity contribution in [3.05, 3.63) is 50.1 Å². The number of thiophene rings is 1. The summed E-state index contributed by atoms with van der Waals surface area (Å²) in [6, 6.07) is 6.08. The Kier molecular flexibility index (Phi) is 4.99. The second kappa shape index (κ2) is 6.52. The SMILES string of the molecule is COc1ccc(Br)c(CC(NN)c2cscc2C)c1. The van der Waals surface area contributed by atoms with Gasteiger partial charge in [-0.15, -0.1) is 0 Å². The van der Waals surface area contributed by atoms with Crippen molar-refractivity contribution in [3.63, 3.8) is 0 Å². The van der Waals surface area contributed by atoms with Crippen molar-refractivity contribution in [1.82, 2.24) is 5.43 Å². The van der Waals surface area contributed by atoms with Crippen LogP contribution in [-0.2, 0) is 6.42 Å². The fourth-order valence-electron chi connectivity index (χ4n) is 2.04. The summed E-state index contributed by atoms with van der Waals surface area (Å²) in [5, 5.41) is 4.29. The first-order valence-corrected chi connectivity index (χ1v) is 7.70. The van der Waals surface area contributed by atoms with E-state index in [0.29, 0.717) is 0 Å². The summed E-state index contributed by atoms with van der Waals surface area (Å²) in [5.41, 5.74) is 6.60. The fourth-order valence-corrected chi connectivity index (χ4v) is 3.35. The molecule has 3 N–H and O–H groups in total. The smallest absolute Gasteiger partial charge is 0.119 e. The first kappa shape index (κ1) is 14.5. The average Bonchev–Trinajstić information content (AvgIpc) is 2.84.